The van der Waals surface area contributed by atoms with Crippen molar-refractivity contribution < 1.29 is 28.4 Å². The molecule has 20 heavy (non-hydrogen) atoms. The van der Waals surface area contributed by atoms with Gasteiger partial charge in [0.25, 0.3) is 0 Å². The maximum Gasteiger partial charge on any atom is 0.115 e. The molecular weight excluding hydrogens is 264 g/mol. The Kier molecular flexibility index (Phi) is 11.3. The van der Waals surface area contributed by atoms with Crippen LogP contribution in [0, 0.1) is 0 Å². The zero-order valence-corrected chi connectivity index (χ0v) is 13.8. The van der Waals surface area contributed by atoms with Crippen molar-refractivity contribution in [2.75, 3.05) is 48.8 Å². The molecule has 0 radical (unpaired) electrons. The molecule has 0 aliphatic carbocycles. The molecule has 0 saturated heterocycles. The molecule has 0 fully saturated rings. The Labute approximate surface area is 122 Å². The third-order valence-corrected chi connectivity index (χ3v) is 3.03. The van der Waals surface area contributed by atoms with Crippen molar-refractivity contribution in [2.45, 2.75) is 44.4 Å². The SMILES string of the molecule is COC[C@H](OC)[C@H](OC(C)C)[C@H](OC)[C@H](COC)OC. The van der Waals surface area contributed by atoms with Crippen molar-refractivity contribution in [1.29, 1.82) is 0 Å². The zero-order valence-electron chi connectivity index (χ0n) is 13.8. The van der Waals surface area contributed by atoms with Gasteiger partial charge in [0.05, 0.1) is 19.3 Å². The van der Waals surface area contributed by atoms with E-state index in [-0.39, 0.29) is 30.5 Å². The Morgan fingerprint density at radius 2 is 1.10 bits per heavy atom. The second-order valence-electron chi connectivity index (χ2n) is 4.81. The minimum Gasteiger partial charge on any atom is -0.382 e. The highest BCUT2D eigenvalue weighted by Crippen LogP contribution is 2.19. The average molecular weight is 294 g/mol. The molecule has 0 saturated carbocycles. The first-order valence-corrected chi connectivity index (χ1v) is 6.77. The van der Waals surface area contributed by atoms with Crippen LogP contribution in [0.1, 0.15) is 13.8 Å². The fraction of sp³-hybridized carbons (Fsp3) is 1.00. The largest absolute Gasteiger partial charge is 0.382 e. The molecule has 4 atom stereocenters. The summed E-state index contributed by atoms with van der Waals surface area (Å²) in [6.07, 6.45) is -1.09. The van der Waals surface area contributed by atoms with Gasteiger partial charge in [-0.3, -0.25) is 0 Å². The van der Waals surface area contributed by atoms with Crippen LogP contribution in [0.2, 0.25) is 0 Å². The quantitative estimate of drug-likeness (QED) is 0.537. The first kappa shape index (κ1) is 19.8. The number of hydrogen-bond donors (Lipinski definition) is 0. The normalized spacial score (nSPS) is 18.0. The van der Waals surface area contributed by atoms with E-state index < -0.39 is 0 Å². The average Bonchev–Trinajstić information content (AvgIpc) is 2.43. The van der Waals surface area contributed by atoms with Crippen LogP contribution in [0.5, 0.6) is 0 Å². The lowest BCUT2D eigenvalue weighted by Crippen LogP contribution is -2.52. The first-order valence-electron chi connectivity index (χ1n) is 6.77. The van der Waals surface area contributed by atoms with E-state index in [9.17, 15) is 0 Å². The first-order chi connectivity index (χ1) is 9.55. The van der Waals surface area contributed by atoms with Crippen LogP contribution in [0.3, 0.4) is 0 Å². The molecule has 0 aromatic carbocycles. The molecular formula is C14H30O6. The van der Waals surface area contributed by atoms with Crippen LogP contribution in [0.15, 0.2) is 0 Å². The number of rotatable bonds is 12. The summed E-state index contributed by atoms with van der Waals surface area (Å²) in [5.41, 5.74) is 0. The molecule has 0 aliphatic rings. The highest BCUT2D eigenvalue weighted by Gasteiger charge is 2.37. The third-order valence-electron chi connectivity index (χ3n) is 3.03. The van der Waals surface area contributed by atoms with Crippen molar-refractivity contribution in [3.63, 3.8) is 0 Å². The molecule has 0 aromatic heterocycles. The highest BCUT2D eigenvalue weighted by atomic mass is 16.6. The molecule has 6 heteroatoms. The zero-order chi connectivity index (χ0) is 15.5. The smallest absolute Gasteiger partial charge is 0.115 e. The van der Waals surface area contributed by atoms with Gasteiger partial charge in [-0.2, -0.15) is 0 Å². The van der Waals surface area contributed by atoms with Gasteiger partial charge in [0.1, 0.15) is 24.4 Å². The van der Waals surface area contributed by atoms with Crippen molar-refractivity contribution in [2.24, 2.45) is 0 Å². The van der Waals surface area contributed by atoms with Gasteiger partial charge in [-0.15, -0.1) is 0 Å². The Bertz CT molecular complexity index is 224. The molecule has 0 amide bonds. The summed E-state index contributed by atoms with van der Waals surface area (Å²) in [6.45, 7) is 4.77. The van der Waals surface area contributed by atoms with Gasteiger partial charge in [-0.05, 0) is 13.8 Å². The number of hydrogen-bond acceptors (Lipinski definition) is 6. The lowest BCUT2D eigenvalue weighted by Gasteiger charge is -2.36. The van der Waals surface area contributed by atoms with Crippen molar-refractivity contribution in [3.05, 3.63) is 0 Å². The van der Waals surface area contributed by atoms with E-state index in [1.807, 2.05) is 13.8 Å². The Hall–Kier alpha value is -0.240. The van der Waals surface area contributed by atoms with Crippen LogP contribution in [-0.2, 0) is 28.4 Å². The van der Waals surface area contributed by atoms with Crippen LogP contribution in [-0.4, -0.2) is 79.3 Å². The minimum absolute atomic E-state index is 0.0345. The molecule has 0 bridgehead atoms. The molecule has 0 unspecified atom stereocenters. The van der Waals surface area contributed by atoms with E-state index in [1.165, 1.54) is 0 Å². The van der Waals surface area contributed by atoms with Crippen molar-refractivity contribution >= 4 is 0 Å². The summed E-state index contributed by atoms with van der Waals surface area (Å²) < 4.78 is 32.9. The molecule has 0 aliphatic heterocycles. The lowest BCUT2D eigenvalue weighted by atomic mass is 10.0. The molecule has 0 spiro atoms. The van der Waals surface area contributed by atoms with Gasteiger partial charge < -0.3 is 28.4 Å². The van der Waals surface area contributed by atoms with Crippen molar-refractivity contribution in [3.8, 4) is 0 Å². The summed E-state index contributed by atoms with van der Waals surface area (Å²) in [7, 11) is 8.14. The molecule has 0 aromatic rings. The second-order valence-corrected chi connectivity index (χ2v) is 4.81. The van der Waals surface area contributed by atoms with Crippen LogP contribution < -0.4 is 0 Å². The van der Waals surface area contributed by atoms with E-state index in [0.717, 1.165) is 0 Å². The third kappa shape index (κ3) is 6.47. The van der Waals surface area contributed by atoms with Crippen LogP contribution in [0.4, 0.5) is 0 Å². The molecule has 122 valence electrons. The van der Waals surface area contributed by atoms with Gasteiger partial charge in [0, 0.05) is 35.5 Å². The maximum absolute atomic E-state index is 5.97. The Balaban J connectivity index is 5.09. The van der Waals surface area contributed by atoms with Gasteiger partial charge in [-0.1, -0.05) is 0 Å². The van der Waals surface area contributed by atoms with Gasteiger partial charge in [-0.25, -0.2) is 0 Å². The molecule has 6 nitrogen and oxygen atoms in total. The summed E-state index contributed by atoms with van der Waals surface area (Å²) in [6, 6.07) is 0. The van der Waals surface area contributed by atoms with Crippen LogP contribution in [0.25, 0.3) is 0 Å². The lowest BCUT2D eigenvalue weighted by molar-refractivity contribution is -0.186. The summed E-state index contributed by atoms with van der Waals surface area (Å²) in [5.74, 6) is 0. The van der Waals surface area contributed by atoms with Gasteiger partial charge >= 0.3 is 0 Å². The molecule has 0 heterocycles. The van der Waals surface area contributed by atoms with Gasteiger partial charge in [0.2, 0.25) is 0 Å². The fourth-order valence-corrected chi connectivity index (χ4v) is 2.11. The van der Waals surface area contributed by atoms with E-state index in [1.54, 1.807) is 35.5 Å². The Morgan fingerprint density at radius 1 is 0.650 bits per heavy atom. The predicted molar refractivity (Wildman–Crippen MR) is 76.2 cm³/mol. The summed E-state index contributed by atoms with van der Waals surface area (Å²) in [4.78, 5) is 0. The van der Waals surface area contributed by atoms with Gasteiger partial charge in [0.15, 0.2) is 0 Å². The molecule has 0 rings (SSSR count). The maximum atomic E-state index is 5.97. The fourth-order valence-electron chi connectivity index (χ4n) is 2.11. The van der Waals surface area contributed by atoms with E-state index in [0.29, 0.717) is 13.2 Å². The number of methoxy groups -OCH3 is 5. The molecule has 0 N–H and O–H groups in total. The monoisotopic (exact) mass is 294 g/mol. The summed E-state index contributed by atoms with van der Waals surface area (Å²) in [5, 5.41) is 0. The summed E-state index contributed by atoms with van der Waals surface area (Å²) >= 11 is 0. The van der Waals surface area contributed by atoms with Crippen LogP contribution >= 0.6 is 0 Å². The highest BCUT2D eigenvalue weighted by molar-refractivity contribution is 4.86. The standard InChI is InChI=1S/C14H30O6/c1-10(2)20-14(12(18-6)9-16-4)13(19-7)11(17-5)8-15-3/h10-14H,8-9H2,1-7H3/t11-,12-,13+,14-/m0/s1. The second kappa shape index (κ2) is 11.4. The number of ether oxygens (including phenoxy) is 6. The van der Waals surface area contributed by atoms with E-state index in [4.69, 9.17) is 28.4 Å². The van der Waals surface area contributed by atoms with E-state index >= 15 is 0 Å². The minimum atomic E-state index is -0.317. The predicted octanol–water partition coefficient (Wildman–Crippen LogP) is 1.12. The topological polar surface area (TPSA) is 55.4 Å². The van der Waals surface area contributed by atoms with Crippen molar-refractivity contribution in [1.82, 2.24) is 0 Å². The van der Waals surface area contributed by atoms with E-state index in [2.05, 4.69) is 0 Å². The Morgan fingerprint density at radius 3 is 1.40 bits per heavy atom.